The highest BCUT2D eigenvalue weighted by atomic mass is 16.5. The van der Waals surface area contributed by atoms with E-state index in [2.05, 4.69) is 382 Å². The predicted molar refractivity (Wildman–Crippen MR) is 452 cm³/mol. The van der Waals surface area contributed by atoms with E-state index in [1.807, 2.05) is 18.2 Å². The van der Waals surface area contributed by atoms with Gasteiger partial charge >= 0.3 is 0 Å². The Balaban J connectivity index is 0.653. The second-order valence-electron chi connectivity index (χ2n) is 29.4. The van der Waals surface area contributed by atoms with E-state index in [0.717, 1.165) is 157 Å². The molecule has 522 valence electrons. The Morgan fingerprint density at radius 1 is 0.152 bits per heavy atom. The zero-order valence-electron chi connectivity index (χ0n) is 60.7. The lowest BCUT2D eigenvalue weighted by molar-refractivity contribution is 0.436. The minimum atomic E-state index is -0.561. The molecule has 0 bridgehead atoms. The van der Waals surface area contributed by atoms with E-state index in [9.17, 15) is 0 Å². The molecule has 22 rings (SSSR count). The molecule has 0 saturated heterocycles. The van der Waals surface area contributed by atoms with E-state index in [4.69, 9.17) is 29.4 Å². The van der Waals surface area contributed by atoms with Gasteiger partial charge in [-0.1, -0.05) is 340 Å². The molecule has 0 atom stereocenters. The van der Waals surface area contributed by atoms with E-state index in [0.29, 0.717) is 11.6 Å². The van der Waals surface area contributed by atoms with Crippen LogP contribution in [0.2, 0.25) is 0 Å². The third-order valence-corrected chi connectivity index (χ3v) is 23.3. The van der Waals surface area contributed by atoms with Gasteiger partial charge in [0.05, 0.1) is 33.6 Å². The van der Waals surface area contributed by atoms with Crippen LogP contribution in [0.1, 0.15) is 44.5 Å². The number of ether oxygens (including phenoxy) is 2. The van der Waals surface area contributed by atoms with Crippen molar-refractivity contribution < 1.29 is 9.47 Å². The van der Waals surface area contributed by atoms with Gasteiger partial charge in [-0.3, -0.25) is 0 Å². The average molecular weight is 1430 g/mol. The lowest BCUT2D eigenvalue weighted by atomic mass is 9.66. The molecule has 6 nitrogen and oxygen atoms in total. The first-order valence-corrected chi connectivity index (χ1v) is 38.2. The molecule has 0 fully saturated rings. The van der Waals surface area contributed by atoms with Gasteiger partial charge in [-0.25, -0.2) is 19.9 Å². The Bertz CT molecular complexity index is 6760. The van der Waals surface area contributed by atoms with Gasteiger partial charge in [-0.15, -0.1) is 0 Å². The third-order valence-electron chi connectivity index (χ3n) is 23.3. The zero-order chi connectivity index (χ0) is 73.9. The fourth-order valence-corrected chi connectivity index (χ4v) is 18.3. The third kappa shape index (κ3) is 10.3. The second kappa shape index (κ2) is 26.0. The molecule has 16 aromatic carbocycles. The fourth-order valence-electron chi connectivity index (χ4n) is 18.3. The molecule has 0 saturated carbocycles. The highest BCUT2D eigenvalue weighted by Crippen LogP contribution is 2.64. The average Bonchev–Trinajstić information content (AvgIpc) is 1.51. The summed E-state index contributed by atoms with van der Waals surface area (Å²) < 4.78 is 14.0. The maximum Gasteiger partial charge on any atom is 0.161 e. The molecule has 2 aliphatic heterocycles. The molecule has 0 unspecified atom stereocenters. The Kier molecular flexibility index (Phi) is 15.0. The lowest BCUT2D eigenvalue weighted by Crippen LogP contribution is -2.32. The van der Waals surface area contributed by atoms with Crippen molar-refractivity contribution in [1.82, 2.24) is 19.9 Å². The number of rotatable bonds is 11. The summed E-state index contributed by atoms with van der Waals surface area (Å²) in [5.74, 6) is 4.61. The maximum absolute atomic E-state index is 7.02. The molecule has 2 aromatic heterocycles. The van der Waals surface area contributed by atoms with Crippen LogP contribution in [0.15, 0.2) is 400 Å². The molecule has 4 aliphatic rings. The van der Waals surface area contributed by atoms with Gasteiger partial charge < -0.3 is 9.47 Å². The first kappa shape index (κ1) is 64.5. The van der Waals surface area contributed by atoms with Crippen LogP contribution in [0, 0.1) is 0 Å². The topological polar surface area (TPSA) is 70.0 Å². The molecule has 112 heavy (non-hydrogen) atoms. The molecule has 0 N–H and O–H groups in total. The van der Waals surface area contributed by atoms with Gasteiger partial charge in [-0.05, 0) is 161 Å². The van der Waals surface area contributed by atoms with Crippen LogP contribution < -0.4 is 9.47 Å². The van der Waals surface area contributed by atoms with Crippen molar-refractivity contribution in [3.63, 3.8) is 0 Å². The van der Waals surface area contributed by atoms with Crippen molar-refractivity contribution >= 4 is 0 Å². The normalized spacial score (nSPS) is 13.1. The van der Waals surface area contributed by atoms with Crippen molar-refractivity contribution in [2.24, 2.45) is 0 Å². The van der Waals surface area contributed by atoms with Gasteiger partial charge in [0.25, 0.3) is 0 Å². The fraction of sp³-hybridized carbons (Fsp3) is 0.0189. The summed E-state index contributed by atoms with van der Waals surface area (Å²) in [6.07, 6.45) is 0. The van der Waals surface area contributed by atoms with Gasteiger partial charge in [0, 0.05) is 55.6 Å². The monoisotopic (exact) mass is 1430 g/mol. The van der Waals surface area contributed by atoms with Gasteiger partial charge in [0.15, 0.2) is 11.6 Å². The van der Waals surface area contributed by atoms with Crippen LogP contribution in [-0.2, 0) is 10.8 Å². The number of benzene rings is 16. The number of hydrogen-bond donors (Lipinski definition) is 0. The molecule has 2 aliphatic carbocycles. The quantitative estimate of drug-likeness (QED) is 0.129. The first-order chi connectivity index (χ1) is 55.5. The van der Waals surface area contributed by atoms with Gasteiger partial charge in [0.1, 0.15) is 23.0 Å². The molecule has 6 heteroatoms. The van der Waals surface area contributed by atoms with Gasteiger partial charge in [-0.2, -0.15) is 0 Å². The minimum Gasteiger partial charge on any atom is -0.457 e. The molecular formula is C106H66N4O2. The highest BCUT2D eigenvalue weighted by molar-refractivity contribution is 5.94. The molecular weight excluding hydrogens is 1360 g/mol. The van der Waals surface area contributed by atoms with Crippen LogP contribution in [0.5, 0.6) is 23.0 Å². The van der Waals surface area contributed by atoms with Gasteiger partial charge in [0.2, 0.25) is 0 Å². The number of nitrogens with zero attached hydrogens (tertiary/aromatic N) is 4. The summed E-state index contributed by atoms with van der Waals surface area (Å²) in [7, 11) is 0. The Morgan fingerprint density at radius 3 is 0.946 bits per heavy atom. The summed E-state index contributed by atoms with van der Waals surface area (Å²) >= 11 is 0. The van der Waals surface area contributed by atoms with E-state index < -0.39 is 10.8 Å². The van der Waals surface area contributed by atoms with E-state index in [1.54, 1.807) is 0 Å². The molecule has 0 radical (unpaired) electrons. The van der Waals surface area contributed by atoms with Crippen LogP contribution in [0.4, 0.5) is 0 Å². The minimum absolute atomic E-state index is 0.555. The van der Waals surface area contributed by atoms with Crippen molar-refractivity contribution in [2.75, 3.05) is 0 Å². The van der Waals surface area contributed by atoms with E-state index in [1.165, 1.54) is 44.5 Å². The molecule has 4 heterocycles. The second-order valence-corrected chi connectivity index (χ2v) is 29.4. The molecule has 18 aromatic rings. The van der Waals surface area contributed by atoms with Crippen molar-refractivity contribution in [3.8, 4) is 169 Å². The Morgan fingerprint density at radius 2 is 0.473 bits per heavy atom. The van der Waals surface area contributed by atoms with Crippen LogP contribution in [0.3, 0.4) is 0 Å². The van der Waals surface area contributed by atoms with Crippen molar-refractivity contribution in [1.29, 1.82) is 0 Å². The van der Waals surface area contributed by atoms with Crippen LogP contribution in [0.25, 0.3) is 146 Å². The smallest absolute Gasteiger partial charge is 0.161 e. The number of fused-ring (bicyclic) bond motifs is 18. The number of hydrogen-bond acceptors (Lipinski definition) is 6. The summed E-state index contributed by atoms with van der Waals surface area (Å²) in [6, 6.07) is 143. The summed E-state index contributed by atoms with van der Waals surface area (Å²) in [6.45, 7) is 0. The molecule has 2 spiro atoms. The highest BCUT2D eigenvalue weighted by Gasteiger charge is 2.53. The Labute approximate surface area is 649 Å². The van der Waals surface area contributed by atoms with Crippen molar-refractivity contribution in [3.05, 3.63) is 445 Å². The predicted octanol–water partition coefficient (Wildman–Crippen LogP) is 26.5. The standard InChI is InChI=1S/C106H66N4O2/c1-4-27-67(28-5-1)70-33-24-36-76(59-70)95-65-96(77-37-25-34-71(60-77)73-54-57-93-101(63-73)111-99-51-22-20-49-91(99)105(93)87-45-16-12-40-80(87)81-41-13-17-46-88(81)105)109-104(108-95)85-44-11-10-39-79(85)75-53-56-84(86(62-75)68-29-6-2-7-30-68)98-66-97(107-103(110-98)69-31-8-3-9-32-69)78-38-26-35-72(61-78)74-55-58-94-102(64-74)112-100-52-23-21-50-92(100)106(94)89-47-18-14-42-82(89)83-43-15-19-48-90(83)106/h1-66H. The zero-order valence-corrected chi connectivity index (χ0v) is 60.7. The lowest BCUT2D eigenvalue weighted by Gasteiger charge is -2.39. The SMILES string of the molecule is c1ccc(-c2cccc(-c3cc(-c4cccc(-c5ccc6c(c5)Oc5ccccc5C65c6ccccc6-c6ccccc65)c4)nc(-c4ccccc4-c4ccc(-c5cc(-c6cccc(-c7ccc8c(c7)Oc7ccccc7C87c8ccccc8-c8ccccc87)c6)nc(-c6ccccc6)n5)c(-c5ccccc5)c4)n3)c2)cc1. The van der Waals surface area contributed by atoms with Crippen LogP contribution >= 0.6 is 0 Å². The van der Waals surface area contributed by atoms with Crippen LogP contribution in [-0.4, -0.2) is 19.9 Å². The maximum atomic E-state index is 7.02. The number of para-hydroxylation sites is 2. The first-order valence-electron chi connectivity index (χ1n) is 38.2. The van der Waals surface area contributed by atoms with E-state index >= 15 is 0 Å². The summed E-state index contributed by atoms with van der Waals surface area (Å²) in [5, 5.41) is 0. The Hall–Kier alpha value is -14.7. The molecule has 0 amide bonds. The largest absolute Gasteiger partial charge is 0.457 e. The summed E-state index contributed by atoms with van der Waals surface area (Å²) in [4.78, 5) is 22.1. The van der Waals surface area contributed by atoms with E-state index in [-0.39, 0.29) is 0 Å². The summed E-state index contributed by atoms with van der Waals surface area (Å²) in [5.41, 5.74) is 32.7. The number of aromatic nitrogens is 4. The van der Waals surface area contributed by atoms with Crippen molar-refractivity contribution in [2.45, 2.75) is 10.8 Å².